The van der Waals surface area contributed by atoms with Crippen LogP contribution in [0.1, 0.15) is 11.4 Å². The molecule has 0 aliphatic carbocycles. The van der Waals surface area contributed by atoms with Gasteiger partial charge in [-0.1, -0.05) is 22.0 Å². The van der Waals surface area contributed by atoms with Crippen LogP contribution in [-0.2, 0) is 16.6 Å². The van der Waals surface area contributed by atoms with E-state index in [2.05, 4.69) is 21.0 Å². The Labute approximate surface area is 132 Å². The summed E-state index contributed by atoms with van der Waals surface area (Å²) in [5, 5.41) is 9.38. The first-order valence-corrected chi connectivity index (χ1v) is 8.58. The molecule has 0 spiro atoms. The highest BCUT2D eigenvalue weighted by Gasteiger charge is 2.20. The molecule has 0 bridgehead atoms. The summed E-state index contributed by atoms with van der Waals surface area (Å²) in [6.07, 6.45) is 0. The second kappa shape index (κ2) is 6.17. The zero-order valence-corrected chi connectivity index (χ0v) is 14.1. The van der Waals surface area contributed by atoms with Gasteiger partial charge in [0.2, 0.25) is 10.0 Å². The largest absolute Gasteiger partial charge is 0.492 e. The quantitative estimate of drug-likeness (QED) is 0.867. The Morgan fingerprint density at radius 3 is 2.67 bits per heavy atom. The van der Waals surface area contributed by atoms with Crippen LogP contribution in [0.25, 0.3) is 0 Å². The molecule has 0 radical (unpaired) electrons. The number of benzene rings is 1. The fourth-order valence-corrected chi connectivity index (χ4v) is 3.46. The summed E-state index contributed by atoms with van der Waals surface area (Å²) in [6, 6.07) is 7.49. The number of nitrogens with zero attached hydrogens (tertiary/aromatic N) is 2. The third-order valence-corrected chi connectivity index (χ3v) is 4.62. The maximum atomic E-state index is 11.5. The number of primary sulfonamides is 1. The van der Waals surface area contributed by atoms with E-state index in [0.717, 1.165) is 10.2 Å². The molecule has 2 N–H and O–H groups in total. The molecule has 0 saturated carbocycles. The highest BCUT2D eigenvalue weighted by molar-refractivity contribution is 9.10. The summed E-state index contributed by atoms with van der Waals surface area (Å²) >= 11 is 3.37. The Hall–Kier alpha value is -1.38. The standard InChI is InChI=1S/C13H16BrN3O3S/c1-9-13(21(15,18)19)10(2)17(16-9)6-7-20-12-5-3-4-11(14)8-12/h3-5,8H,6-7H2,1-2H3,(H2,15,18,19). The molecule has 0 fully saturated rings. The minimum atomic E-state index is -3.76. The maximum Gasteiger partial charge on any atom is 0.241 e. The predicted molar refractivity (Wildman–Crippen MR) is 82.7 cm³/mol. The van der Waals surface area contributed by atoms with Gasteiger partial charge < -0.3 is 4.74 Å². The summed E-state index contributed by atoms with van der Waals surface area (Å²) < 4.78 is 31.1. The topological polar surface area (TPSA) is 87.2 Å². The Balaban J connectivity index is 2.08. The van der Waals surface area contributed by atoms with Crippen LogP contribution in [-0.4, -0.2) is 24.8 Å². The number of rotatable bonds is 5. The minimum Gasteiger partial charge on any atom is -0.492 e. The van der Waals surface area contributed by atoms with Gasteiger partial charge in [-0.3, -0.25) is 4.68 Å². The van der Waals surface area contributed by atoms with E-state index in [1.54, 1.807) is 18.5 Å². The first-order chi connectivity index (χ1) is 9.79. The summed E-state index contributed by atoms with van der Waals surface area (Å²) in [4.78, 5) is 0.0879. The number of sulfonamides is 1. The lowest BCUT2D eigenvalue weighted by Gasteiger charge is -2.08. The number of aromatic nitrogens is 2. The fourth-order valence-electron chi connectivity index (χ4n) is 2.12. The Kier molecular flexibility index (Phi) is 4.70. The van der Waals surface area contributed by atoms with Crippen molar-refractivity contribution in [2.24, 2.45) is 5.14 Å². The van der Waals surface area contributed by atoms with E-state index in [-0.39, 0.29) is 4.90 Å². The van der Waals surface area contributed by atoms with Crippen molar-refractivity contribution in [3.63, 3.8) is 0 Å². The smallest absolute Gasteiger partial charge is 0.241 e. The van der Waals surface area contributed by atoms with Gasteiger partial charge in [-0.05, 0) is 32.0 Å². The van der Waals surface area contributed by atoms with Crippen LogP contribution in [0.5, 0.6) is 5.75 Å². The van der Waals surface area contributed by atoms with Gasteiger partial charge in [0.1, 0.15) is 17.3 Å². The molecule has 0 atom stereocenters. The van der Waals surface area contributed by atoms with Crippen LogP contribution >= 0.6 is 15.9 Å². The number of aryl methyl sites for hydroxylation is 1. The van der Waals surface area contributed by atoms with Crippen LogP contribution in [0.2, 0.25) is 0 Å². The van der Waals surface area contributed by atoms with E-state index < -0.39 is 10.0 Å². The lowest BCUT2D eigenvalue weighted by Crippen LogP contribution is -2.15. The number of ether oxygens (including phenoxy) is 1. The van der Waals surface area contributed by atoms with Crippen LogP contribution in [0, 0.1) is 13.8 Å². The normalized spacial score (nSPS) is 11.6. The van der Waals surface area contributed by atoms with Crippen LogP contribution in [0.15, 0.2) is 33.6 Å². The Bertz CT molecular complexity index is 756. The SMILES string of the molecule is Cc1nn(CCOc2cccc(Br)c2)c(C)c1S(N)(=O)=O. The van der Waals surface area contributed by atoms with Crippen molar-refractivity contribution in [2.45, 2.75) is 25.3 Å². The number of nitrogens with two attached hydrogens (primary N) is 1. The van der Waals surface area contributed by atoms with Crippen molar-refractivity contribution in [2.75, 3.05) is 6.61 Å². The van der Waals surface area contributed by atoms with Gasteiger partial charge in [0, 0.05) is 4.47 Å². The van der Waals surface area contributed by atoms with Crippen molar-refractivity contribution in [3.05, 3.63) is 40.1 Å². The molecule has 8 heteroatoms. The van der Waals surface area contributed by atoms with Gasteiger partial charge in [0.15, 0.2) is 0 Å². The molecule has 6 nitrogen and oxygen atoms in total. The van der Waals surface area contributed by atoms with Gasteiger partial charge in [-0.25, -0.2) is 13.6 Å². The van der Waals surface area contributed by atoms with Gasteiger partial charge in [-0.15, -0.1) is 0 Å². The monoisotopic (exact) mass is 373 g/mol. The van der Waals surface area contributed by atoms with Crippen LogP contribution in [0.3, 0.4) is 0 Å². The highest BCUT2D eigenvalue weighted by Crippen LogP contribution is 2.19. The molecule has 1 heterocycles. The molecule has 0 aliphatic heterocycles. The third-order valence-electron chi connectivity index (χ3n) is 2.97. The van der Waals surface area contributed by atoms with E-state index >= 15 is 0 Å². The van der Waals surface area contributed by atoms with Gasteiger partial charge in [0.25, 0.3) is 0 Å². The summed E-state index contributed by atoms with van der Waals surface area (Å²) in [7, 11) is -3.76. The molecular formula is C13H16BrN3O3S. The fraction of sp³-hybridized carbons (Fsp3) is 0.308. The predicted octanol–water partition coefficient (Wildman–Crippen LogP) is 1.99. The zero-order valence-electron chi connectivity index (χ0n) is 11.7. The second-order valence-electron chi connectivity index (χ2n) is 4.57. The van der Waals surface area contributed by atoms with E-state index in [1.165, 1.54) is 0 Å². The Morgan fingerprint density at radius 2 is 2.10 bits per heavy atom. The summed E-state index contributed by atoms with van der Waals surface area (Å²) in [5.41, 5.74) is 0.922. The maximum absolute atomic E-state index is 11.5. The minimum absolute atomic E-state index is 0.0879. The van der Waals surface area contributed by atoms with E-state index in [9.17, 15) is 8.42 Å². The van der Waals surface area contributed by atoms with Gasteiger partial charge in [-0.2, -0.15) is 5.10 Å². The molecule has 2 aromatic rings. The molecule has 21 heavy (non-hydrogen) atoms. The van der Waals surface area contributed by atoms with Crippen molar-refractivity contribution in [1.82, 2.24) is 9.78 Å². The number of halogens is 1. The van der Waals surface area contributed by atoms with Crippen molar-refractivity contribution >= 4 is 26.0 Å². The molecule has 2 rings (SSSR count). The van der Waals surface area contributed by atoms with Crippen LogP contribution < -0.4 is 9.88 Å². The van der Waals surface area contributed by atoms with Crippen molar-refractivity contribution in [1.29, 1.82) is 0 Å². The molecule has 0 unspecified atom stereocenters. The van der Waals surface area contributed by atoms with Crippen molar-refractivity contribution < 1.29 is 13.2 Å². The van der Waals surface area contributed by atoms with E-state index in [0.29, 0.717) is 24.5 Å². The molecule has 1 aromatic heterocycles. The van der Waals surface area contributed by atoms with Crippen LogP contribution in [0.4, 0.5) is 0 Å². The lowest BCUT2D eigenvalue weighted by atomic mass is 10.3. The average molecular weight is 374 g/mol. The number of hydrogen-bond acceptors (Lipinski definition) is 4. The molecule has 0 aliphatic rings. The van der Waals surface area contributed by atoms with Gasteiger partial charge >= 0.3 is 0 Å². The molecule has 1 aromatic carbocycles. The van der Waals surface area contributed by atoms with E-state index in [4.69, 9.17) is 9.88 Å². The molecule has 0 saturated heterocycles. The van der Waals surface area contributed by atoms with Crippen molar-refractivity contribution in [3.8, 4) is 5.75 Å². The summed E-state index contributed by atoms with van der Waals surface area (Å²) in [5.74, 6) is 0.734. The average Bonchev–Trinajstić information content (AvgIpc) is 2.64. The number of hydrogen-bond donors (Lipinski definition) is 1. The molecule has 0 amide bonds. The van der Waals surface area contributed by atoms with Gasteiger partial charge in [0.05, 0.1) is 17.9 Å². The lowest BCUT2D eigenvalue weighted by molar-refractivity contribution is 0.289. The first kappa shape index (κ1) is 16.0. The summed E-state index contributed by atoms with van der Waals surface area (Å²) in [6.45, 7) is 4.12. The second-order valence-corrected chi connectivity index (χ2v) is 6.99. The van der Waals surface area contributed by atoms with E-state index in [1.807, 2.05) is 24.3 Å². The Morgan fingerprint density at radius 1 is 1.38 bits per heavy atom. The first-order valence-electron chi connectivity index (χ1n) is 6.24. The zero-order chi connectivity index (χ0) is 15.6. The third kappa shape index (κ3) is 3.84. The molecular weight excluding hydrogens is 358 g/mol. The molecule has 114 valence electrons. The highest BCUT2D eigenvalue weighted by atomic mass is 79.9.